The smallest absolute Gasteiger partial charge is 0.307 e. The fraction of sp³-hybridized carbons (Fsp3) is 0.176. The number of benzene rings is 2. The second-order valence-corrected chi connectivity index (χ2v) is 5.55. The lowest BCUT2D eigenvalue weighted by Gasteiger charge is -2.15. The Bertz CT molecular complexity index is 903. The molecule has 0 radical (unpaired) electrons. The van der Waals surface area contributed by atoms with Gasteiger partial charge in [0.2, 0.25) is 5.91 Å². The number of rotatable bonds is 5. The first kappa shape index (κ1) is 15.7. The van der Waals surface area contributed by atoms with Crippen LogP contribution in [-0.2, 0) is 11.3 Å². The highest BCUT2D eigenvalue weighted by Crippen LogP contribution is 2.20. The average Bonchev–Trinajstić information content (AvgIpc) is 3.03. The Kier molecular flexibility index (Phi) is 4.24. The van der Waals surface area contributed by atoms with Crippen molar-refractivity contribution < 1.29 is 9.72 Å². The Balaban J connectivity index is 1.67. The highest BCUT2D eigenvalue weighted by molar-refractivity contribution is 5.83. The van der Waals surface area contributed by atoms with Crippen LogP contribution in [0.25, 0.3) is 10.8 Å². The van der Waals surface area contributed by atoms with Gasteiger partial charge in [-0.25, -0.2) is 0 Å². The monoisotopic (exact) mass is 324 g/mol. The lowest BCUT2D eigenvalue weighted by molar-refractivity contribution is -0.385. The van der Waals surface area contributed by atoms with Gasteiger partial charge < -0.3 is 5.32 Å². The summed E-state index contributed by atoms with van der Waals surface area (Å²) < 4.78 is 1.25. The molecule has 1 aromatic heterocycles. The third-order valence-electron chi connectivity index (χ3n) is 3.79. The maximum absolute atomic E-state index is 12.1. The van der Waals surface area contributed by atoms with E-state index >= 15 is 0 Å². The SMILES string of the molecule is C[C@@H](NC(=O)Cn1cc([N+](=O)[O-])cn1)c1ccc2ccccc2c1. The lowest BCUT2D eigenvalue weighted by atomic mass is 10.0. The summed E-state index contributed by atoms with van der Waals surface area (Å²) in [7, 11) is 0. The molecule has 24 heavy (non-hydrogen) atoms. The van der Waals surface area contributed by atoms with E-state index in [1.807, 2.05) is 49.4 Å². The van der Waals surface area contributed by atoms with E-state index < -0.39 is 4.92 Å². The van der Waals surface area contributed by atoms with Crippen molar-refractivity contribution in [3.8, 4) is 0 Å². The van der Waals surface area contributed by atoms with Crippen LogP contribution in [0.5, 0.6) is 0 Å². The van der Waals surface area contributed by atoms with Gasteiger partial charge in [-0.1, -0.05) is 36.4 Å². The van der Waals surface area contributed by atoms with Crippen LogP contribution in [0.4, 0.5) is 5.69 Å². The zero-order chi connectivity index (χ0) is 17.1. The number of carbonyl (C=O) groups is 1. The molecular formula is C17H16N4O3. The van der Waals surface area contributed by atoms with Gasteiger partial charge >= 0.3 is 5.69 Å². The normalized spacial score (nSPS) is 12.0. The predicted octanol–water partition coefficient (Wildman–Crippen LogP) is 2.82. The molecule has 3 rings (SSSR count). The third kappa shape index (κ3) is 3.40. The number of hydrogen-bond acceptors (Lipinski definition) is 4. The number of amides is 1. The molecule has 0 fully saturated rings. The van der Waals surface area contributed by atoms with Crippen LogP contribution in [0, 0.1) is 10.1 Å². The molecule has 2 aromatic carbocycles. The van der Waals surface area contributed by atoms with Gasteiger partial charge in [0.05, 0.1) is 11.0 Å². The molecule has 3 aromatic rings. The number of nitrogens with one attached hydrogen (secondary N) is 1. The second-order valence-electron chi connectivity index (χ2n) is 5.55. The molecule has 0 saturated heterocycles. The first-order chi connectivity index (χ1) is 11.5. The van der Waals surface area contributed by atoms with Gasteiger partial charge in [0.15, 0.2) is 0 Å². The largest absolute Gasteiger partial charge is 0.348 e. The molecule has 0 aliphatic rings. The molecule has 7 nitrogen and oxygen atoms in total. The van der Waals surface area contributed by atoms with Crippen molar-refractivity contribution >= 4 is 22.4 Å². The minimum atomic E-state index is -0.543. The summed E-state index contributed by atoms with van der Waals surface area (Å²) in [5.41, 5.74) is 0.860. The quantitative estimate of drug-likeness (QED) is 0.577. The molecule has 0 aliphatic carbocycles. The van der Waals surface area contributed by atoms with Gasteiger partial charge in [0, 0.05) is 0 Å². The summed E-state index contributed by atoms with van der Waals surface area (Å²) in [5, 5.41) is 19.6. The summed E-state index contributed by atoms with van der Waals surface area (Å²) in [6.45, 7) is 1.83. The Labute approximate surface area is 138 Å². The Morgan fingerprint density at radius 1 is 1.29 bits per heavy atom. The molecular weight excluding hydrogens is 308 g/mol. The average molecular weight is 324 g/mol. The van der Waals surface area contributed by atoms with E-state index in [1.54, 1.807) is 0 Å². The van der Waals surface area contributed by atoms with Crippen molar-refractivity contribution in [1.82, 2.24) is 15.1 Å². The van der Waals surface area contributed by atoms with Crippen LogP contribution in [0.3, 0.4) is 0 Å². The Hall–Kier alpha value is -3.22. The van der Waals surface area contributed by atoms with Crippen molar-refractivity contribution in [2.24, 2.45) is 0 Å². The molecule has 0 saturated carbocycles. The van der Waals surface area contributed by atoms with Crippen LogP contribution in [0.1, 0.15) is 18.5 Å². The number of nitrogens with zero attached hydrogens (tertiary/aromatic N) is 3. The van der Waals surface area contributed by atoms with Gasteiger partial charge in [-0.2, -0.15) is 5.10 Å². The van der Waals surface area contributed by atoms with Gasteiger partial charge in [-0.05, 0) is 29.3 Å². The molecule has 0 bridgehead atoms. The summed E-state index contributed by atoms with van der Waals surface area (Å²) in [6.07, 6.45) is 2.36. The van der Waals surface area contributed by atoms with Crippen molar-refractivity contribution in [2.45, 2.75) is 19.5 Å². The molecule has 1 amide bonds. The number of aromatic nitrogens is 2. The highest BCUT2D eigenvalue weighted by atomic mass is 16.6. The number of nitro groups is 1. The Morgan fingerprint density at radius 2 is 2.04 bits per heavy atom. The van der Waals surface area contributed by atoms with Gasteiger partial charge in [-0.3, -0.25) is 19.6 Å². The number of fused-ring (bicyclic) bond motifs is 1. The molecule has 0 spiro atoms. The fourth-order valence-electron chi connectivity index (χ4n) is 2.53. The first-order valence-electron chi connectivity index (χ1n) is 7.48. The topological polar surface area (TPSA) is 90.1 Å². The molecule has 0 aliphatic heterocycles. The first-order valence-corrected chi connectivity index (χ1v) is 7.48. The van der Waals surface area contributed by atoms with Gasteiger partial charge in [-0.15, -0.1) is 0 Å². The molecule has 1 atom stereocenters. The maximum atomic E-state index is 12.1. The number of hydrogen-bond donors (Lipinski definition) is 1. The predicted molar refractivity (Wildman–Crippen MR) is 89.4 cm³/mol. The minimum Gasteiger partial charge on any atom is -0.348 e. The molecule has 0 unspecified atom stereocenters. The Morgan fingerprint density at radius 3 is 2.75 bits per heavy atom. The van der Waals surface area contributed by atoms with E-state index in [0.717, 1.165) is 22.5 Å². The van der Waals surface area contributed by atoms with Crippen LogP contribution >= 0.6 is 0 Å². The van der Waals surface area contributed by atoms with Crippen molar-refractivity contribution in [1.29, 1.82) is 0 Å². The minimum absolute atomic E-state index is 0.0637. The van der Waals surface area contributed by atoms with Crippen molar-refractivity contribution in [3.63, 3.8) is 0 Å². The van der Waals surface area contributed by atoms with E-state index in [2.05, 4.69) is 10.4 Å². The zero-order valence-corrected chi connectivity index (χ0v) is 13.0. The molecule has 1 heterocycles. The van der Waals surface area contributed by atoms with Crippen LogP contribution in [0.15, 0.2) is 54.9 Å². The van der Waals surface area contributed by atoms with E-state index in [4.69, 9.17) is 0 Å². The molecule has 7 heteroatoms. The summed E-state index contributed by atoms with van der Waals surface area (Å²) in [6, 6.07) is 13.9. The van der Waals surface area contributed by atoms with Crippen LogP contribution in [0.2, 0.25) is 0 Å². The molecule has 1 N–H and O–H groups in total. The standard InChI is InChI=1S/C17H16N4O3/c1-12(14-7-6-13-4-2-3-5-15(13)8-14)19-17(22)11-20-10-16(9-18-20)21(23)24/h2-10,12H,11H2,1H3,(H,19,22)/t12-/m1/s1. The molecule has 122 valence electrons. The summed E-state index contributed by atoms with van der Waals surface area (Å²) >= 11 is 0. The summed E-state index contributed by atoms with van der Waals surface area (Å²) in [5.74, 6) is -0.256. The summed E-state index contributed by atoms with van der Waals surface area (Å²) in [4.78, 5) is 22.2. The lowest BCUT2D eigenvalue weighted by Crippen LogP contribution is -2.30. The van der Waals surface area contributed by atoms with Gasteiger partial charge in [0.25, 0.3) is 0 Å². The van der Waals surface area contributed by atoms with E-state index in [-0.39, 0.29) is 24.2 Å². The van der Waals surface area contributed by atoms with E-state index in [9.17, 15) is 14.9 Å². The van der Waals surface area contributed by atoms with E-state index in [1.165, 1.54) is 10.9 Å². The van der Waals surface area contributed by atoms with Crippen LogP contribution in [-0.4, -0.2) is 20.6 Å². The van der Waals surface area contributed by atoms with Crippen molar-refractivity contribution in [3.05, 3.63) is 70.5 Å². The third-order valence-corrected chi connectivity index (χ3v) is 3.79. The zero-order valence-electron chi connectivity index (χ0n) is 13.0. The fourth-order valence-corrected chi connectivity index (χ4v) is 2.53. The van der Waals surface area contributed by atoms with Crippen LogP contribution < -0.4 is 5.32 Å². The maximum Gasteiger partial charge on any atom is 0.307 e. The van der Waals surface area contributed by atoms with Crippen molar-refractivity contribution in [2.75, 3.05) is 0 Å². The van der Waals surface area contributed by atoms with E-state index in [0.29, 0.717) is 0 Å². The van der Waals surface area contributed by atoms with Gasteiger partial charge in [0.1, 0.15) is 18.9 Å². The number of carbonyl (C=O) groups excluding carboxylic acids is 1. The highest BCUT2D eigenvalue weighted by Gasteiger charge is 2.13. The second kappa shape index (κ2) is 6.49.